The van der Waals surface area contributed by atoms with Gasteiger partial charge in [-0.3, -0.25) is 0 Å². The lowest BCUT2D eigenvalue weighted by molar-refractivity contribution is 0.497. The summed E-state index contributed by atoms with van der Waals surface area (Å²) in [6.45, 7) is 2.06. The van der Waals surface area contributed by atoms with E-state index in [1.54, 1.807) is 6.07 Å². The molecule has 2 rings (SSSR count). The number of hydrogen-bond donors (Lipinski definition) is 3. The van der Waals surface area contributed by atoms with Gasteiger partial charge in [0.2, 0.25) is 0 Å². The molecule has 1 aromatic heterocycles. The second-order valence-corrected chi connectivity index (χ2v) is 6.16. The van der Waals surface area contributed by atoms with E-state index in [2.05, 4.69) is 22.2 Å². The van der Waals surface area contributed by atoms with Crippen LogP contribution in [0.5, 0.6) is 0 Å². The topological polar surface area (TPSA) is 87.7 Å². The lowest BCUT2D eigenvalue weighted by atomic mass is 10.0. The maximum absolute atomic E-state index is 8.17. The van der Waals surface area contributed by atoms with E-state index in [0.29, 0.717) is 23.6 Å². The summed E-state index contributed by atoms with van der Waals surface area (Å²) in [5.41, 5.74) is 7.07. The fraction of sp³-hybridized carbons (Fsp3) is 0.688. The highest BCUT2D eigenvalue weighted by atomic mass is 15.0. The lowest BCUT2D eigenvalue weighted by Crippen LogP contribution is -2.25. The summed E-state index contributed by atoms with van der Waals surface area (Å²) in [4.78, 5) is 8.87. The van der Waals surface area contributed by atoms with Crippen LogP contribution >= 0.6 is 0 Å². The Hall–Kier alpha value is -1.49. The number of nitrogens with zero attached hydrogens (tertiary/aromatic N) is 2. The molecular formula is C16H27N5. The fourth-order valence-corrected chi connectivity index (χ4v) is 2.93. The zero-order chi connectivity index (χ0) is 15.2. The number of aromatic nitrogens is 2. The predicted octanol–water partition coefficient (Wildman–Crippen LogP) is 2.55. The summed E-state index contributed by atoms with van der Waals surface area (Å²) in [6.07, 6.45) is 8.06. The number of hydrogen-bond acceptors (Lipinski definition) is 5. The van der Waals surface area contributed by atoms with Crippen LogP contribution in [-0.4, -0.2) is 28.8 Å². The van der Waals surface area contributed by atoms with Crippen molar-refractivity contribution in [3.05, 3.63) is 17.6 Å². The fourth-order valence-electron chi connectivity index (χ4n) is 2.93. The van der Waals surface area contributed by atoms with Crippen molar-refractivity contribution in [3.63, 3.8) is 0 Å². The van der Waals surface area contributed by atoms with E-state index in [-0.39, 0.29) is 6.04 Å². The number of nitrogens with one attached hydrogen (secondary N) is 2. The zero-order valence-electron chi connectivity index (χ0n) is 13.2. The van der Waals surface area contributed by atoms with E-state index >= 15 is 0 Å². The molecule has 1 aliphatic rings. The third-order valence-electron chi connectivity index (χ3n) is 4.36. The van der Waals surface area contributed by atoms with Crippen LogP contribution < -0.4 is 11.1 Å². The minimum Gasteiger partial charge on any atom is -0.384 e. The minimum atomic E-state index is 0.260. The second kappa shape index (κ2) is 7.50. The summed E-state index contributed by atoms with van der Waals surface area (Å²) in [5, 5.41) is 11.3. The molecule has 1 heterocycles. The first kappa shape index (κ1) is 15.9. The van der Waals surface area contributed by atoms with Crippen molar-refractivity contribution in [2.45, 2.75) is 57.9 Å². The van der Waals surface area contributed by atoms with Crippen LogP contribution in [0.15, 0.2) is 6.07 Å². The van der Waals surface area contributed by atoms with Crippen LogP contribution in [0.3, 0.4) is 0 Å². The Morgan fingerprint density at radius 2 is 2.14 bits per heavy atom. The Balaban J connectivity index is 2.00. The van der Waals surface area contributed by atoms with E-state index in [1.165, 1.54) is 25.7 Å². The van der Waals surface area contributed by atoms with Crippen molar-refractivity contribution in [3.8, 4) is 0 Å². The molecular weight excluding hydrogens is 262 g/mol. The molecule has 0 bridgehead atoms. The third-order valence-corrected chi connectivity index (χ3v) is 4.36. The van der Waals surface area contributed by atoms with Gasteiger partial charge in [0.05, 0.1) is 11.4 Å². The maximum atomic E-state index is 8.17. The van der Waals surface area contributed by atoms with Gasteiger partial charge >= 0.3 is 0 Å². The molecule has 0 radical (unpaired) electrons. The average molecular weight is 289 g/mol. The molecule has 0 spiro atoms. The van der Waals surface area contributed by atoms with Crippen LogP contribution in [-0.2, 0) is 6.42 Å². The van der Waals surface area contributed by atoms with Gasteiger partial charge in [0, 0.05) is 24.9 Å². The summed E-state index contributed by atoms with van der Waals surface area (Å²) in [7, 11) is 1.90. The number of rotatable bonds is 7. The number of anilines is 1. The van der Waals surface area contributed by atoms with Gasteiger partial charge in [0.25, 0.3) is 0 Å². The summed E-state index contributed by atoms with van der Waals surface area (Å²) < 4.78 is 0. The van der Waals surface area contributed by atoms with Crippen LogP contribution in [0.25, 0.3) is 0 Å². The summed E-state index contributed by atoms with van der Waals surface area (Å²) in [5.74, 6) is 2.09. The van der Waals surface area contributed by atoms with Crippen LogP contribution in [0.1, 0.15) is 57.0 Å². The smallest absolute Gasteiger partial charge is 0.131 e. The normalized spacial score (nSPS) is 17.0. The standard InChI is InChI=1S/C16H27N5/c1-11(19-2)9-13(17)14-10-15(18)21-16(20-14)8-7-12-5-3-4-6-12/h10-12,17,19H,3-9H2,1-2H3,(H2,18,20,21)/t11-/m1/s1. The van der Waals surface area contributed by atoms with Gasteiger partial charge in [-0.15, -0.1) is 0 Å². The van der Waals surface area contributed by atoms with Gasteiger partial charge in [0.15, 0.2) is 0 Å². The molecule has 1 aromatic rings. The van der Waals surface area contributed by atoms with Gasteiger partial charge in [-0.05, 0) is 26.3 Å². The molecule has 21 heavy (non-hydrogen) atoms. The SMILES string of the molecule is CN[C@H](C)CC(=N)c1cc(N)nc(CCC2CCCC2)n1. The van der Waals surface area contributed by atoms with E-state index in [1.807, 2.05) is 7.05 Å². The van der Waals surface area contributed by atoms with Crippen molar-refractivity contribution in [1.82, 2.24) is 15.3 Å². The Labute approximate surface area is 127 Å². The van der Waals surface area contributed by atoms with Gasteiger partial charge in [-0.2, -0.15) is 0 Å². The minimum absolute atomic E-state index is 0.260. The Morgan fingerprint density at radius 1 is 1.43 bits per heavy atom. The number of nitrogens with two attached hydrogens (primary N) is 1. The first-order valence-corrected chi connectivity index (χ1v) is 7.97. The molecule has 0 aliphatic heterocycles. The second-order valence-electron chi connectivity index (χ2n) is 6.16. The van der Waals surface area contributed by atoms with E-state index in [0.717, 1.165) is 24.6 Å². The highest BCUT2D eigenvalue weighted by Gasteiger charge is 2.16. The summed E-state index contributed by atoms with van der Waals surface area (Å²) >= 11 is 0. The molecule has 1 saturated carbocycles. The molecule has 0 aromatic carbocycles. The lowest BCUT2D eigenvalue weighted by Gasteiger charge is -2.12. The molecule has 5 nitrogen and oxygen atoms in total. The molecule has 0 amide bonds. The van der Waals surface area contributed by atoms with Gasteiger partial charge in [-0.1, -0.05) is 25.7 Å². The average Bonchev–Trinajstić information content (AvgIpc) is 2.97. The zero-order valence-corrected chi connectivity index (χ0v) is 13.2. The van der Waals surface area contributed by atoms with Crippen LogP contribution in [0.2, 0.25) is 0 Å². The molecule has 1 fully saturated rings. The molecule has 116 valence electrons. The van der Waals surface area contributed by atoms with Crippen molar-refractivity contribution in [2.75, 3.05) is 12.8 Å². The number of nitrogen functional groups attached to an aromatic ring is 1. The highest BCUT2D eigenvalue weighted by molar-refractivity contribution is 5.97. The Morgan fingerprint density at radius 3 is 2.81 bits per heavy atom. The predicted molar refractivity (Wildman–Crippen MR) is 86.7 cm³/mol. The third kappa shape index (κ3) is 4.77. The van der Waals surface area contributed by atoms with Gasteiger partial charge < -0.3 is 16.5 Å². The Bertz CT molecular complexity index is 480. The largest absolute Gasteiger partial charge is 0.384 e. The summed E-state index contributed by atoms with van der Waals surface area (Å²) in [6, 6.07) is 1.97. The van der Waals surface area contributed by atoms with E-state index in [9.17, 15) is 0 Å². The first-order chi connectivity index (χ1) is 10.1. The highest BCUT2D eigenvalue weighted by Crippen LogP contribution is 2.28. The van der Waals surface area contributed by atoms with Gasteiger partial charge in [-0.25, -0.2) is 9.97 Å². The Kier molecular flexibility index (Phi) is 5.67. The maximum Gasteiger partial charge on any atom is 0.131 e. The van der Waals surface area contributed by atoms with Crippen molar-refractivity contribution >= 4 is 11.5 Å². The quantitative estimate of drug-likeness (QED) is 0.673. The monoisotopic (exact) mass is 289 g/mol. The molecule has 0 unspecified atom stereocenters. The first-order valence-electron chi connectivity index (χ1n) is 7.97. The molecule has 1 aliphatic carbocycles. The van der Waals surface area contributed by atoms with Crippen molar-refractivity contribution < 1.29 is 0 Å². The van der Waals surface area contributed by atoms with Crippen LogP contribution in [0.4, 0.5) is 5.82 Å². The van der Waals surface area contributed by atoms with Crippen molar-refractivity contribution in [2.24, 2.45) is 5.92 Å². The van der Waals surface area contributed by atoms with E-state index in [4.69, 9.17) is 11.1 Å². The number of aryl methyl sites for hydroxylation is 1. The van der Waals surface area contributed by atoms with Crippen LogP contribution in [0, 0.1) is 11.3 Å². The molecule has 4 N–H and O–H groups in total. The molecule has 1 atom stereocenters. The van der Waals surface area contributed by atoms with E-state index < -0.39 is 0 Å². The van der Waals surface area contributed by atoms with Crippen molar-refractivity contribution in [1.29, 1.82) is 5.41 Å². The molecule has 5 heteroatoms. The van der Waals surface area contributed by atoms with Gasteiger partial charge in [0.1, 0.15) is 11.6 Å². The molecule has 0 saturated heterocycles.